The van der Waals surface area contributed by atoms with Gasteiger partial charge in [0, 0.05) is 11.1 Å². The maximum absolute atomic E-state index is 5.14. The summed E-state index contributed by atoms with van der Waals surface area (Å²) in [6.07, 6.45) is 0. The van der Waals surface area contributed by atoms with E-state index >= 15 is 0 Å². The van der Waals surface area contributed by atoms with E-state index in [4.69, 9.17) is 4.52 Å². The molecule has 1 aromatic carbocycles. The van der Waals surface area contributed by atoms with Gasteiger partial charge in [0.15, 0.2) is 0 Å². The summed E-state index contributed by atoms with van der Waals surface area (Å²) in [6, 6.07) is 7.99. The van der Waals surface area contributed by atoms with Crippen LogP contribution in [0.4, 0.5) is 0 Å². The molecule has 0 N–H and O–H groups in total. The zero-order chi connectivity index (χ0) is 14.1. The van der Waals surface area contributed by atoms with Crippen molar-refractivity contribution in [3.8, 4) is 11.4 Å². The van der Waals surface area contributed by atoms with Crippen LogP contribution < -0.4 is 0 Å². The normalized spacial score (nSPS) is 10.9. The molecule has 0 spiro atoms. The molecule has 2 aromatic heterocycles. The lowest BCUT2D eigenvalue weighted by atomic mass is 10.1. The third-order valence-electron chi connectivity index (χ3n) is 3.32. The number of benzene rings is 1. The van der Waals surface area contributed by atoms with Gasteiger partial charge in [-0.3, -0.25) is 0 Å². The summed E-state index contributed by atoms with van der Waals surface area (Å²) in [5, 5.41) is 16.6. The van der Waals surface area contributed by atoms with Gasteiger partial charge in [-0.05, 0) is 31.5 Å². The van der Waals surface area contributed by atoms with Crippen molar-refractivity contribution in [1.29, 1.82) is 0 Å². The molecule has 0 aliphatic carbocycles. The van der Waals surface area contributed by atoms with Crippen molar-refractivity contribution in [3.05, 3.63) is 46.8 Å². The predicted molar refractivity (Wildman–Crippen MR) is 73.1 cm³/mol. The molecule has 3 rings (SSSR count). The van der Waals surface area contributed by atoms with E-state index in [1.807, 2.05) is 45.0 Å². The predicted octanol–water partition coefficient (Wildman–Crippen LogP) is 2.30. The molecule has 3 aromatic rings. The number of aromatic nitrogens is 5. The van der Waals surface area contributed by atoms with Crippen molar-refractivity contribution in [3.63, 3.8) is 0 Å². The number of hydrogen-bond donors (Lipinski definition) is 0. The molecule has 0 unspecified atom stereocenters. The maximum Gasteiger partial charge on any atom is 0.205 e. The quantitative estimate of drug-likeness (QED) is 0.729. The first-order valence-corrected chi connectivity index (χ1v) is 6.40. The highest BCUT2D eigenvalue weighted by Gasteiger charge is 2.13. The second-order valence-electron chi connectivity index (χ2n) is 4.76. The second kappa shape index (κ2) is 4.88. The number of aryl methyl sites for hydroxylation is 3. The van der Waals surface area contributed by atoms with Crippen LogP contribution >= 0.6 is 0 Å². The highest BCUT2D eigenvalue weighted by atomic mass is 16.5. The molecule has 20 heavy (non-hydrogen) atoms. The summed E-state index contributed by atoms with van der Waals surface area (Å²) in [4.78, 5) is 1.56. The number of nitrogens with zero attached hydrogens (tertiary/aromatic N) is 5. The van der Waals surface area contributed by atoms with Crippen LogP contribution in [0.2, 0.25) is 0 Å². The van der Waals surface area contributed by atoms with Gasteiger partial charge in [-0.15, -0.1) is 10.2 Å². The molecular formula is C14H15N5O. The molecule has 0 bridgehead atoms. The van der Waals surface area contributed by atoms with Crippen molar-refractivity contribution in [2.75, 3.05) is 0 Å². The molecule has 0 aliphatic rings. The Morgan fingerprint density at radius 1 is 1.15 bits per heavy atom. The Kier molecular flexibility index (Phi) is 3.06. The Balaban J connectivity index is 1.90. The van der Waals surface area contributed by atoms with Crippen LogP contribution in [0.15, 0.2) is 28.8 Å². The van der Waals surface area contributed by atoms with Gasteiger partial charge < -0.3 is 4.52 Å². The van der Waals surface area contributed by atoms with Gasteiger partial charge in [0.1, 0.15) is 5.76 Å². The van der Waals surface area contributed by atoms with Crippen LogP contribution in [0, 0.1) is 20.8 Å². The largest absolute Gasteiger partial charge is 0.361 e. The van der Waals surface area contributed by atoms with Crippen LogP contribution in [0.1, 0.15) is 22.6 Å². The maximum atomic E-state index is 5.14. The Morgan fingerprint density at radius 3 is 2.65 bits per heavy atom. The zero-order valence-electron chi connectivity index (χ0n) is 11.7. The van der Waals surface area contributed by atoms with Crippen LogP contribution in [-0.4, -0.2) is 25.4 Å². The molecule has 0 saturated heterocycles. The summed E-state index contributed by atoms with van der Waals surface area (Å²) in [7, 11) is 0. The molecule has 6 nitrogen and oxygen atoms in total. The average Bonchev–Trinajstić information content (AvgIpc) is 3.02. The minimum absolute atomic E-state index is 0.514. The van der Waals surface area contributed by atoms with Crippen molar-refractivity contribution in [2.24, 2.45) is 0 Å². The molecule has 0 atom stereocenters. The van der Waals surface area contributed by atoms with Gasteiger partial charge >= 0.3 is 0 Å². The highest BCUT2D eigenvalue weighted by molar-refractivity contribution is 5.58. The molecule has 102 valence electrons. The Labute approximate surface area is 116 Å². The van der Waals surface area contributed by atoms with E-state index in [9.17, 15) is 0 Å². The Bertz CT molecular complexity index is 724. The van der Waals surface area contributed by atoms with Gasteiger partial charge in [-0.25, -0.2) is 0 Å². The summed E-state index contributed by atoms with van der Waals surface area (Å²) < 4.78 is 5.14. The minimum atomic E-state index is 0.514. The first-order valence-electron chi connectivity index (χ1n) is 6.40. The van der Waals surface area contributed by atoms with Crippen molar-refractivity contribution in [2.45, 2.75) is 27.3 Å². The standard InChI is InChI=1S/C14H15N5O/c1-9-6-4-5-7-12(9)14-15-18-19(16-14)8-13-10(2)17-20-11(13)3/h4-7H,8H2,1-3H3. The smallest absolute Gasteiger partial charge is 0.205 e. The monoisotopic (exact) mass is 269 g/mol. The van der Waals surface area contributed by atoms with Crippen molar-refractivity contribution >= 4 is 0 Å². The van der Waals surface area contributed by atoms with E-state index in [2.05, 4.69) is 20.6 Å². The molecule has 0 radical (unpaired) electrons. The fraction of sp³-hybridized carbons (Fsp3) is 0.286. The van der Waals surface area contributed by atoms with Crippen LogP contribution in [0.25, 0.3) is 11.4 Å². The molecule has 2 heterocycles. The van der Waals surface area contributed by atoms with Crippen LogP contribution in [0.3, 0.4) is 0 Å². The number of tetrazole rings is 1. The molecule has 0 saturated carbocycles. The third kappa shape index (κ3) is 2.20. The molecule has 6 heteroatoms. The van der Waals surface area contributed by atoms with Gasteiger partial charge in [0.25, 0.3) is 0 Å². The van der Waals surface area contributed by atoms with E-state index in [-0.39, 0.29) is 0 Å². The summed E-state index contributed by atoms with van der Waals surface area (Å²) >= 11 is 0. The molecule has 0 fully saturated rings. The van der Waals surface area contributed by atoms with Gasteiger partial charge in [0.05, 0.1) is 12.2 Å². The van der Waals surface area contributed by atoms with Crippen LogP contribution in [-0.2, 0) is 6.54 Å². The average molecular weight is 269 g/mol. The lowest BCUT2D eigenvalue weighted by Gasteiger charge is -1.99. The van der Waals surface area contributed by atoms with Crippen molar-refractivity contribution < 1.29 is 4.52 Å². The van der Waals surface area contributed by atoms with E-state index in [0.717, 1.165) is 28.1 Å². The fourth-order valence-electron chi connectivity index (χ4n) is 2.11. The molecule has 0 amide bonds. The highest BCUT2D eigenvalue weighted by Crippen LogP contribution is 2.18. The third-order valence-corrected chi connectivity index (χ3v) is 3.32. The van der Waals surface area contributed by atoms with Crippen molar-refractivity contribution in [1.82, 2.24) is 25.4 Å². The minimum Gasteiger partial charge on any atom is -0.361 e. The van der Waals surface area contributed by atoms with Gasteiger partial charge in [0.2, 0.25) is 5.82 Å². The fourth-order valence-corrected chi connectivity index (χ4v) is 2.11. The van der Waals surface area contributed by atoms with E-state index in [1.165, 1.54) is 0 Å². The Hall–Kier alpha value is -2.50. The lowest BCUT2D eigenvalue weighted by Crippen LogP contribution is -2.05. The van der Waals surface area contributed by atoms with Crippen LogP contribution in [0.5, 0.6) is 0 Å². The van der Waals surface area contributed by atoms with Gasteiger partial charge in [-0.1, -0.05) is 29.4 Å². The SMILES string of the molecule is Cc1ccccc1-c1nnn(Cc2c(C)noc2C)n1. The van der Waals surface area contributed by atoms with E-state index < -0.39 is 0 Å². The summed E-state index contributed by atoms with van der Waals surface area (Å²) in [6.45, 7) is 6.34. The van der Waals surface area contributed by atoms with E-state index in [1.54, 1.807) is 4.80 Å². The van der Waals surface area contributed by atoms with Gasteiger partial charge in [-0.2, -0.15) is 4.80 Å². The zero-order valence-corrected chi connectivity index (χ0v) is 11.7. The summed E-state index contributed by atoms with van der Waals surface area (Å²) in [5.41, 5.74) is 3.98. The molecule has 0 aliphatic heterocycles. The Morgan fingerprint density at radius 2 is 1.95 bits per heavy atom. The number of hydrogen-bond acceptors (Lipinski definition) is 5. The first-order chi connectivity index (χ1) is 9.65. The second-order valence-corrected chi connectivity index (χ2v) is 4.76. The van der Waals surface area contributed by atoms with E-state index in [0.29, 0.717) is 12.4 Å². The number of rotatable bonds is 3. The first kappa shape index (κ1) is 12.5. The topological polar surface area (TPSA) is 69.6 Å². The lowest BCUT2D eigenvalue weighted by molar-refractivity contribution is 0.391. The summed E-state index contributed by atoms with van der Waals surface area (Å²) in [5.74, 6) is 1.42. The molecular weight excluding hydrogens is 254 g/mol.